The van der Waals surface area contributed by atoms with E-state index in [0.29, 0.717) is 18.7 Å². The van der Waals surface area contributed by atoms with Gasteiger partial charge >= 0.3 is 0 Å². The number of rotatable bonds is 9. The van der Waals surface area contributed by atoms with Crippen molar-refractivity contribution in [2.45, 2.75) is 19.8 Å². The topological polar surface area (TPSA) is 49.8 Å². The van der Waals surface area contributed by atoms with Gasteiger partial charge in [-0.1, -0.05) is 13.3 Å². The molecule has 0 saturated carbocycles. The second-order valence-corrected chi connectivity index (χ2v) is 4.50. The molecule has 0 aliphatic rings. The van der Waals surface area contributed by atoms with E-state index in [9.17, 15) is 4.79 Å². The molecule has 1 N–H and O–H groups in total. The third kappa shape index (κ3) is 5.41. The van der Waals surface area contributed by atoms with Gasteiger partial charge in [-0.2, -0.15) is 0 Å². The van der Waals surface area contributed by atoms with Crippen LogP contribution in [0.25, 0.3) is 0 Å². The van der Waals surface area contributed by atoms with Crippen LogP contribution in [0.4, 0.5) is 0 Å². The van der Waals surface area contributed by atoms with Crippen molar-refractivity contribution < 1.29 is 14.6 Å². The molecule has 1 aromatic rings. The van der Waals surface area contributed by atoms with E-state index in [-0.39, 0.29) is 12.4 Å². The Bertz CT molecular complexity index is 375. The minimum absolute atomic E-state index is 0.0761. The molecule has 0 radical (unpaired) electrons. The van der Waals surface area contributed by atoms with E-state index in [4.69, 9.17) is 9.84 Å². The molecule has 0 unspecified atom stereocenters. The van der Waals surface area contributed by atoms with Gasteiger partial charge in [-0.15, -0.1) is 0 Å². The SMILES string of the molecule is CCCCN(CCO)CC(=O)c1ccc(OC)cc1. The van der Waals surface area contributed by atoms with Crippen LogP contribution in [0.3, 0.4) is 0 Å². The number of aliphatic hydroxyl groups is 1. The lowest BCUT2D eigenvalue weighted by Crippen LogP contribution is -2.33. The number of hydrogen-bond donors (Lipinski definition) is 1. The molecule has 1 rings (SSSR count). The molecule has 106 valence electrons. The zero-order valence-electron chi connectivity index (χ0n) is 11.8. The van der Waals surface area contributed by atoms with E-state index < -0.39 is 0 Å². The van der Waals surface area contributed by atoms with Crippen LogP contribution in [0, 0.1) is 0 Å². The maximum atomic E-state index is 12.1. The van der Waals surface area contributed by atoms with Crippen molar-refractivity contribution in [2.24, 2.45) is 0 Å². The number of Topliss-reactive ketones (excluding diaryl/α,β-unsaturated/α-hetero) is 1. The Balaban J connectivity index is 2.58. The minimum Gasteiger partial charge on any atom is -0.497 e. The maximum absolute atomic E-state index is 12.1. The van der Waals surface area contributed by atoms with Crippen molar-refractivity contribution >= 4 is 5.78 Å². The molecule has 4 heteroatoms. The van der Waals surface area contributed by atoms with E-state index in [1.54, 1.807) is 31.4 Å². The summed E-state index contributed by atoms with van der Waals surface area (Å²) in [7, 11) is 1.60. The van der Waals surface area contributed by atoms with Crippen LogP contribution in [0.1, 0.15) is 30.1 Å². The molecule has 0 atom stereocenters. The average molecular weight is 265 g/mol. The Hall–Kier alpha value is -1.39. The standard InChI is InChI=1S/C15H23NO3/c1-3-4-9-16(10-11-17)12-15(18)13-5-7-14(19-2)8-6-13/h5-8,17H,3-4,9-12H2,1-2H3. The van der Waals surface area contributed by atoms with Crippen molar-refractivity contribution in [1.29, 1.82) is 0 Å². The van der Waals surface area contributed by atoms with Crippen LogP contribution in [-0.2, 0) is 0 Å². The molecule has 0 saturated heterocycles. The summed E-state index contributed by atoms with van der Waals surface area (Å²) in [5.41, 5.74) is 0.681. The first-order valence-electron chi connectivity index (χ1n) is 6.71. The molecule has 0 spiro atoms. The highest BCUT2D eigenvalue weighted by Crippen LogP contribution is 2.12. The highest BCUT2D eigenvalue weighted by Gasteiger charge is 2.11. The summed E-state index contributed by atoms with van der Waals surface area (Å²) in [6.07, 6.45) is 2.12. The summed E-state index contributed by atoms with van der Waals surface area (Å²) in [5.74, 6) is 0.821. The average Bonchev–Trinajstić information content (AvgIpc) is 2.45. The first-order valence-corrected chi connectivity index (χ1v) is 6.71. The van der Waals surface area contributed by atoms with Gasteiger partial charge in [0.25, 0.3) is 0 Å². The molecular weight excluding hydrogens is 242 g/mol. The molecule has 0 bridgehead atoms. The van der Waals surface area contributed by atoms with E-state index in [2.05, 4.69) is 6.92 Å². The number of hydrogen-bond acceptors (Lipinski definition) is 4. The van der Waals surface area contributed by atoms with Gasteiger partial charge in [0, 0.05) is 12.1 Å². The van der Waals surface area contributed by atoms with Gasteiger partial charge in [0.2, 0.25) is 0 Å². The third-order valence-electron chi connectivity index (χ3n) is 3.02. The second kappa shape index (κ2) is 8.67. The predicted octanol–water partition coefficient (Wildman–Crippen LogP) is 1.97. The smallest absolute Gasteiger partial charge is 0.176 e. The fourth-order valence-electron chi connectivity index (χ4n) is 1.86. The molecule has 4 nitrogen and oxygen atoms in total. The molecule has 19 heavy (non-hydrogen) atoms. The monoisotopic (exact) mass is 265 g/mol. The number of ketones is 1. The Morgan fingerprint density at radius 1 is 1.26 bits per heavy atom. The predicted molar refractivity (Wildman–Crippen MR) is 75.8 cm³/mol. The number of ether oxygens (including phenoxy) is 1. The Morgan fingerprint density at radius 3 is 2.47 bits per heavy atom. The second-order valence-electron chi connectivity index (χ2n) is 4.50. The zero-order valence-corrected chi connectivity index (χ0v) is 11.8. The number of methoxy groups -OCH3 is 1. The summed E-state index contributed by atoms with van der Waals surface area (Å²) >= 11 is 0. The number of aliphatic hydroxyl groups excluding tert-OH is 1. The molecule has 0 heterocycles. The highest BCUT2D eigenvalue weighted by molar-refractivity contribution is 5.97. The van der Waals surface area contributed by atoms with Gasteiger partial charge in [0.05, 0.1) is 20.3 Å². The van der Waals surface area contributed by atoms with Crippen molar-refractivity contribution in [3.8, 4) is 5.75 Å². The van der Waals surface area contributed by atoms with Crippen molar-refractivity contribution in [2.75, 3.05) is 33.4 Å². The molecule has 0 amide bonds. The van der Waals surface area contributed by atoms with Crippen LogP contribution in [0.15, 0.2) is 24.3 Å². The van der Waals surface area contributed by atoms with Crippen molar-refractivity contribution in [3.63, 3.8) is 0 Å². The van der Waals surface area contributed by atoms with Gasteiger partial charge in [0.15, 0.2) is 5.78 Å². The van der Waals surface area contributed by atoms with Gasteiger partial charge in [-0.3, -0.25) is 9.69 Å². The molecule has 1 aromatic carbocycles. The van der Waals surface area contributed by atoms with Crippen LogP contribution in [-0.4, -0.2) is 49.1 Å². The van der Waals surface area contributed by atoms with E-state index in [1.807, 2.05) is 4.90 Å². The summed E-state index contributed by atoms with van der Waals surface area (Å²) in [6.45, 7) is 3.94. The third-order valence-corrected chi connectivity index (χ3v) is 3.02. The fraction of sp³-hybridized carbons (Fsp3) is 0.533. The van der Waals surface area contributed by atoms with Crippen LogP contribution >= 0.6 is 0 Å². The Labute approximate surface area is 115 Å². The number of benzene rings is 1. The van der Waals surface area contributed by atoms with E-state index >= 15 is 0 Å². The van der Waals surface area contributed by atoms with Gasteiger partial charge in [0.1, 0.15) is 5.75 Å². The van der Waals surface area contributed by atoms with E-state index in [0.717, 1.165) is 25.1 Å². The molecule has 0 fully saturated rings. The number of nitrogens with zero attached hydrogens (tertiary/aromatic N) is 1. The van der Waals surface area contributed by atoms with Crippen LogP contribution in [0.5, 0.6) is 5.75 Å². The van der Waals surface area contributed by atoms with Gasteiger partial charge < -0.3 is 9.84 Å². The summed E-state index contributed by atoms with van der Waals surface area (Å²) in [6, 6.07) is 7.13. The largest absolute Gasteiger partial charge is 0.497 e. The Kier molecular flexibility index (Phi) is 7.15. The van der Waals surface area contributed by atoms with Crippen molar-refractivity contribution in [1.82, 2.24) is 4.90 Å². The quantitative estimate of drug-likeness (QED) is 0.694. The van der Waals surface area contributed by atoms with Gasteiger partial charge in [-0.25, -0.2) is 0 Å². The minimum atomic E-state index is 0.0761. The lowest BCUT2D eigenvalue weighted by molar-refractivity contribution is 0.0913. The molecule has 0 aromatic heterocycles. The molecule has 0 aliphatic carbocycles. The first kappa shape index (κ1) is 15.7. The zero-order chi connectivity index (χ0) is 14.1. The van der Waals surface area contributed by atoms with E-state index in [1.165, 1.54) is 0 Å². The summed E-state index contributed by atoms with van der Waals surface area (Å²) in [4.78, 5) is 14.1. The van der Waals surface area contributed by atoms with Crippen LogP contribution < -0.4 is 4.74 Å². The molecule has 0 aliphatic heterocycles. The highest BCUT2D eigenvalue weighted by atomic mass is 16.5. The lowest BCUT2D eigenvalue weighted by Gasteiger charge is -2.20. The van der Waals surface area contributed by atoms with Crippen molar-refractivity contribution in [3.05, 3.63) is 29.8 Å². The van der Waals surface area contributed by atoms with Crippen LogP contribution in [0.2, 0.25) is 0 Å². The maximum Gasteiger partial charge on any atom is 0.176 e. The fourth-order valence-corrected chi connectivity index (χ4v) is 1.86. The molecular formula is C15H23NO3. The summed E-state index contributed by atoms with van der Waals surface area (Å²) < 4.78 is 5.07. The first-order chi connectivity index (χ1) is 9.21. The number of carbonyl (C=O) groups is 1. The lowest BCUT2D eigenvalue weighted by atomic mass is 10.1. The Morgan fingerprint density at radius 2 is 1.95 bits per heavy atom. The normalized spacial score (nSPS) is 10.7. The number of carbonyl (C=O) groups excluding carboxylic acids is 1. The summed E-state index contributed by atoms with van der Waals surface area (Å²) in [5, 5.41) is 9.02. The van der Waals surface area contributed by atoms with Gasteiger partial charge in [-0.05, 0) is 37.2 Å². The number of unbranched alkanes of at least 4 members (excludes halogenated alkanes) is 1.